The number of nitrogens with one attached hydrogen (secondary N) is 2. The molecule has 0 unspecified atom stereocenters. The predicted octanol–water partition coefficient (Wildman–Crippen LogP) is 4.37. The lowest BCUT2D eigenvalue weighted by atomic mass is 10.2. The number of methoxy groups -OCH3 is 2. The van der Waals surface area contributed by atoms with Crippen molar-refractivity contribution in [3.8, 4) is 11.5 Å². The second kappa shape index (κ2) is 8.85. The molecule has 8 nitrogen and oxygen atoms in total. The van der Waals surface area contributed by atoms with Gasteiger partial charge in [0.15, 0.2) is 5.13 Å². The summed E-state index contributed by atoms with van der Waals surface area (Å²) < 4.78 is 39.0. The van der Waals surface area contributed by atoms with Crippen molar-refractivity contribution in [2.24, 2.45) is 0 Å². The number of thiazole rings is 1. The van der Waals surface area contributed by atoms with E-state index in [0.717, 1.165) is 4.70 Å². The number of anilines is 2. The lowest BCUT2D eigenvalue weighted by Crippen LogP contribution is -2.15. The normalized spacial score (nSPS) is 11.2. The molecule has 0 fully saturated rings. The monoisotopic (exact) mass is 469 g/mol. The van der Waals surface area contributed by atoms with Gasteiger partial charge in [-0.15, -0.1) is 0 Å². The van der Waals surface area contributed by atoms with Gasteiger partial charge >= 0.3 is 0 Å². The molecule has 10 heteroatoms. The number of hydrogen-bond acceptors (Lipinski definition) is 7. The molecule has 4 rings (SSSR count). The van der Waals surface area contributed by atoms with Crippen molar-refractivity contribution in [3.63, 3.8) is 0 Å². The zero-order valence-corrected chi connectivity index (χ0v) is 18.8. The number of amides is 1. The third-order valence-corrected chi connectivity index (χ3v) is 6.94. The van der Waals surface area contributed by atoms with Crippen LogP contribution in [-0.2, 0) is 10.0 Å². The van der Waals surface area contributed by atoms with Crippen LogP contribution in [0.4, 0.5) is 10.8 Å². The summed E-state index contributed by atoms with van der Waals surface area (Å²) in [5.74, 6) is 0.758. The van der Waals surface area contributed by atoms with Crippen molar-refractivity contribution >= 4 is 48.3 Å². The summed E-state index contributed by atoms with van der Waals surface area (Å²) in [7, 11) is -0.668. The van der Waals surface area contributed by atoms with Crippen LogP contribution in [0.15, 0.2) is 71.6 Å². The number of aromatic nitrogens is 1. The summed E-state index contributed by atoms with van der Waals surface area (Å²) >= 11 is 1.25. The lowest BCUT2D eigenvalue weighted by molar-refractivity contribution is 0.102. The molecular formula is C22H19N3O5S2. The molecule has 0 aliphatic carbocycles. The van der Waals surface area contributed by atoms with Crippen molar-refractivity contribution < 1.29 is 22.7 Å². The average molecular weight is 470 g/mol. The smallest absolute Gasteiger partial charge is 0.261 e. The van der Waals surface area contributed by atoms with E-state index in [1.807, 2.05) is 0 Å². The van der Waals surface area contributed by atoms with Crippen LogP contribution in [0.25, 0.3) is 10.2 Å². The standard InChI is InChI=1S/C22H19N3O5S2/c1-29-17-11-12-18(30-2)20-19(17)23-22(31-20)24-21(26)14-7-6-8-15(13-14)25-32(27,28)16-9-4-3-5-10-16/h3-13,25H,1-2H3,(H,23,24,26). The third kappa shape index (κ3) is 4.36. The van der Waals surface area contributed by atoms with Gasteiger partial charge in [-0.05, 0) is 42.5 Å². The van der Waals surface area contributed by atoms with E-state index < -0.39 is 15.9 Å². The number of fused-ring (bicyclic) bond motifs is 1. The Morgan fingerprint density at radius 1 is 0.938 bits per heavy atom. The minimum atomic E-state index is -3.77. The van der Waals surface area contributed by atoms with E-state index in [1.54, 1.807) is 62.8 Å². The maximum atomic E-state index is 12.8. The Bertz CT molecular complexity index is 1340. The van der Waals surface area contributed by atoms with Crippen LogP contribution in [0.2, 0.25) is 0 Å². The van der Waals surface area contributed by atoms with Crippen molar-refractivity contribution in [1.82, 2.24) is 4.98 Å². The molecule has 4 aromatic rings. The molecule has 0 bridgehead atoms. The molecule has 0 atom stereocenters. The predicted molar refractivity (Wildman–Crippen MR) is 124 cm³/mol. The molecule has 3 aromatic carbocycles. The molecule has 0 aliphatic heterocycles. The fourth-order valence-corrected chi connectivity index (χ4v) is 5.09. The van der Waals surface area contributed by atoms with Crippen molar-refractivity contribution in [3.05, 3.63) is 72.3 Å². The van der Waals surface area contributed by atoms with Gasteiger partial charge in [0.25, 0.3) is 15.9 Å². The second-order valence-electron chi connectivity index (χ2n) is 6.62. The largest absolute Gasteiger partial charge is 0.495 e. The van der Waals surface area contributed by atoms with Crippen LogP contribution in [0, 0.1) is 0 Å². The number of ether oxygens (including phenoxy) is 2. The minimum Gasteiger partial charge on any atom is -0.495 e. The third-order valence-electron chi connectivity index (χ3n) is 4.56. The molecule has 1 aromatic heterocycles. The Morgan fingerprint density at radius 2 is 1.66 bits per heavy atom. The Balaban J connectivity index is 1.57. The molecule has 0 aliphatic rings. The average Bonchev–Trinajstić information content (AvgIpc) is 3.22. The zero-order valence-electron chi connectivity index (χ0n) is 17.2. The summed E-state index contributed by atoms with van der Waals surface area (Å²) in [6, 6.07) is 17.7. The number of nitrogens with zero attached hydrogens (tertiary/aromatic N) is 1. The van der Waals surface area contributed by atoms with Crippen LogP contribution in [0.5, 0.6) is 11.5 Å². The molecule has 32 heavy (non-hydrogen) atoms. The van der Waals surface area contributed by atoms with E-state index in [4.69, 9.17) is 9.47 Å². The van der Waals surface area contributed by atoms with Gasteiger partial charge in [0, 0.05) is 11.3 Å². The van der Waals surface area contributed by atoms with Gasteiger partial charge in [-0.25, -0.2) is 13.4 Å². The molecule has 1 heterocycles. The maximum Gasteiger partial charge on any atom is 0.261 e. The van der Waals surface area contributed by atoms with Gasteiger partial charge in [0.1, 0.15) is 21.7 Å². The highest BCUT2D eigenvalue weighted by molar-refractivity contribution is 7.92. The second-order valence-corrected chi connectivity index (χ2v) is 9.30. The Labute approximate surface area is 188 Å². The molecule has 0 spiro atoms. The number of carbonyl (C=O) groups is 1. The van der Waals surface area contributed by atoms with Gasteiger partial charge in [0.2, 0.25) is 0 Å². The molecule has 0 radical (unpaired) electrons. The van der Waals surface area contributed by atoms with Crippen LogP contribution in [0.1, 0.15) is 10.4 Å². The fraction of sp³-hybridized carbons (Fsp3) is 0.0909. The quantitative estimate of drug-likeness (QED) is 0.416. The number of rotatable bonds is 7. The number of sulfonamides is 1. The van der Waals surface area contributed by atoms with Crippen molar-refractivity contribution in [1.29, 1.82) is 0 Å². The van der Waals surface area contributed by atoms with Crippen LogP contribution < -0.4 is 19.5 Å². The molecular weight excluding hydrogens is 450 g/mol. The highest BCUT2D eigenvalue weighted by Crippen LogP contribution is 2.38. The first-order valence-electron chi connectivity index (χ1n) is 9.42. The van der Waals surface area contributed by atoms with E-state index in [1.165, 1.54) is 29.5 Å². The molecule has 164 valence electrons. The summed E-state index contributed by atoms with van der Waals surface area (Å²) in [5, 5.41) is 3.12. The summed E-state index contributed by atoms with van der Waals surface area (Å²) in [5.41, 5.74) is 1.13. The molecule has 2 N–H and O–H groups in total. The SMILES string of the molecule is COc1ccc(OC)c2sc(NC(=O)c3cccc(NS(=O)(=O)c4ccccc4)c3)nc12. The van der Waals surface area contributed by atoms with E-state index in [9.17, 15) is 13.2 Å². The molecule has 0 saturated heterocycles. The minimum absolute atomic E-state index is 0.132. The Hall–Kier alpha value is -3.63. The number of carbonyl (C=O) groups excluding carboxylic acids is 1. The first-order chi connectivity index (χ1) is 15.4. The first-order valence-corrected chi connectivity index (χ1v) is 11.7. The van der Waals surface area contributed by atoms with Gasteiger partial charge in [-0.1, -0.05) is 35.6 Å². The van der Waals surface area contributed by atoms with Crippen LogP contribution >= 0.6 is 11.3 Å². The number of benzene rings is 3. The van der Waals surface area contributed by atoms with Crippen LogP contribution in [0.3, 0.4) is 0 Å². The van der Waals surface area contributed by atoms with E-state index in [0.29, 0.717) is 22.1 Å². The lowest BCUT2D eigenvalue weighted by Gasteiger charge is -2.09. The van der Waals surface area contributed by atoms with Crippen molar-refractivity contribution in [2.75, 3.05) is 24.3 Å². The van der Waals surface area contributed by atoms with E-state index in [2.05, 4.69) is 15.0 Å². The van der Waals surface area contributed by atoms with Gasteiger partial charge in [0.05, 0.1) is 19.1 Å². The Kier molecular flexibility index (Phi) is 5.97. The van der Waals surface area contributed by atoms with Crippen molar-refractivity contribution in [2.45, 2.75) is 4.90 Å². The maximum absolute atomic E-state index is 12.8. The number of hydrogen-bond donors (Lipinski definition) is 2. The van der Waals surface area contributed by atoms with Gasteiger partial charge < -0.3 is 9.47 Å². The van der Waals surface area contributed by atoms with Crippen LogP contribution in [-0.4, -0.2) is 33.5 Å². The first kappa shape index (κ1) is 21.6. The molecule has 0 saturated carbocycles. The van der Waals surface area contributed by atoms with Gasteiger partial charge in [-0.3, -0.25) is 14.8 Å². The highest BCUT2D eigenvalue weighted by Gasteiger charge is 2.17. The topological polar surface area (TPSA) is 107 Å². The summed E-state index contributed by atoms with van der Waals surface area (Å²) in [4.78, 5) is 17.4. The summed E-state index contributed by atoms with van der Waals surface area (Å²) in [6.07, 6.45) is 0. The van der Waals surface area contributed by atoms with Gasteiger partial charge in [-0.2, -0.15) is 0 Å². The van der Waals surface area contributed by atoms with E-state index >= 15 is 0 Å². The molecule has 1 amide bonds. The fourth-order valence-electron chi connectivity index (χ4n) is 3.05. The highest BCUT2D eigenvalue weighted by atomic mass is 32.2. The summed E-state index contributed by atoms with van der Waals surface area (Å²) in [6.45, 7) is 0. The van der Waals surface area contributed by atoms with E-state index in [-0.39, 0.29) is 16.1 Å². The zero-order chi connectivity index (χ0) is 22.7. The Morgan fingerprint density at radius 3 is 2.38 bits per heavy atom.